The number of nitrogens with zero attached hydrogens (tertiary/aromatic N) is 6. The smallest absolute Gasteiger partial charge is 0.293 e. The van der Waals surface area contributed by atoms with Crippen LogP contribution >= 0.6 is 0 Å². The average molecular weight is 482 g/mol. The van der Waals surface area contributed by atoms with Crippen molar-refractivity contribution in [1.82, 2.24) is 24.5 Å². The predicted molar refractivity (Wildman–Crippen MR) is 129 cm³/mol. The molecule has 0 aliphatic carbocycles. The SMILES string of the molecule is Cc1nc2c(F)cc(-c3nc(Nc4ccc(N(C)CCOC=O)cn4)ncc3F)cc2n1C(C)C. The number of aryl methyl sites for hydroxylation is 1. The molecule has 9 nitrogen and oxygen atoms in total. The Balaban J connectivity index is 1.61. The highest BCUT2D eigenvalue weighted by Crippen LogP contribution is 2.30. The zero-order valence-electron chi connectivity index (χ0n) is 19.8. The maximum absolute atomic E-state index is 14.9. The van der Waals surface area contributed by atoms with Crippen molar-refractivity contribution in [3.63, 3.8) is 0 Å². The molecule has 4 rings (SSSR count). The molecule has 1 N–H and O–H groups in total. The lowest BCUT2D eigenvalue weighted by atomic mass is 10.1. The fourth-order valence-corrected chi connectivity index (χ4v) is 3.85. The van der Waals surface area contributed by atoms with Gasteiger partial charge >= 0.3 is 0 Å². The lowest BCUT2D eigenvalue weighted by molar-refractivity contribution is -0.128. The zero-order chi connectivity index (χ0) is 25.1. The average Bonchev–Trinajstić information content (AvgIpc) is 3.17. The van der Waals surface area contributed by atoms with Crippen molar-refractivity contribution in [2.75, 3.05) is 30.4 Å². The number of benzene rings is 1. The number of ether oxygens (including phenoxy) is 1. The lowest BCUT2D eigenvalue weighted by Gasteiger charge is -2.18. The molecule has 0 bridgehead atoms. The number of aromatic nitrogens is 5. The molecular weight excluding hydrogens is 456 g/mol. The maximum Gasteiger partial charge on any atom is 0.293 e. The fourth-order valence-electron chi connectivity index (χ4n) is 3.85. The van der Waals surface area contributed by atoms with Gasteiger partial charge in [0.2, 0.25) is 5.95 Å². The monoisotopic (exact) mass is 481 g/mol. The summed E-state index contributed by atoms with van der Waals surface area (Å²) in [6.07, 6.45) is 2.67. The zero-order valence-corrected chi connectivity index (χ0v) is 19.8. The molecule has 182 valence electrons. The van der Waals surface area contributed by atoms with Gasteiger partial charge in [-0.2, -0.15) is 0 Å². The van der Waals surface area contributed by atoms with Crippen LogP contribution in [0.25, 0.3) is 22.3 Å². The van der Waals surface area contributed by atoms with E-state index in [2.05, 4.69) is 25.3 Å². The van der Waals surface area contributed by atoms with E-state index in [1.807, 2.05) is 36.4 Å². The number of hydrogen-bond acceptors (Lipinski definition) is 8. The second-order valence-electron chi connectivity index (χ2n) is 8.25. The predicted octanol–water partition coefficient (Wildman–Crippen LogP) is 4.41. The van der Waals surface area contributed by atoms with Crippen molar-refractivity contribution in [2.24, 2.45) is 0 Å². The van der Waals surface area contributed by atoms with Crippen molar-refractivity contribution in [3.05, 3.63) is 54.1 Å². The molecule has 0 aliphatic heterocycles. The largest absolute Gasteiger partial charge is 0.466 e. The Kier molecular flexibility index (Phi) is 6.85. The molecule has 0 saturated heterocycles. The third kappa shape index (κ3) is 5.03. The first-order valence-electron chi connectivity index (χ1n) is 11.0. The lowest BCUT2D eigenvalue weighted by Crippen LogP contribution is -2.22. The van der Waals surface area contributed by atoms with Crippen LogP contribution in [-0.2, 0) is 9.53 Å². The number of rotatable bonds is 9. The Morgan fingerprint density at radius 3 is 2.63 bits per heavy atom. The van der Waals surface area contributed by atoms with E-state index in [1.165, 1.54) is 6.07 Å². The summed E-state index contributed by atoms with van der Waals surface area (Å²) in [5, 5.41) is 2.94. The van der Waals surface area contributed by atoms with E-state index < -0.39 is 11.6 Å². The van der Waals surface area contributed by atoms with Crippen molar-refractivity contribution in [2.45, 2.75) is 26.8 Å². The number of halogens is 2. The highest BCUT2D eigenvalue weighted by atomic mass is 19.1. The van der Waals surface area contributed by atoms with Crippen LogP contribution in [0.5, 0.6) is 0 Å². The summed E-state index contributed by atoms with van der Waals surface area (Å²) < 4.78 is 36.2. The second-order valence-corrected chi connectivity index (χ2v) is 8.25. The van der Waals surface area contributed by atoms with E-state index in [0.717, 1.165) is 11.9 Å². The maximum atomic E-state index is 14.9. The van der Waals surface area contributed by atoms with Crippen molar-refractivity contribution < 1.29 is 18.3 Å². The summed E-state index contributed by atoms with van der Waals surface area (Å²) in [6.45, 7) is 6.93. The van der Waals surface area contributed by atoms with Crippen molar-refractivity contribution in [1.29, 1.82) is 0 Å². The molecule has 0 saturated carbocycles. The second kappa shape index (κ2) is 10.00. The summed E-state index contributed by atoms with van der Waals surface area (Å²) in [5.74, 6) is 0.00646. The summed E-state index contributed by atoms with van der Waals surface area (Å²) in [5.41, 5.74) is 1.86. The minimum Gasteiger partial charge on any atom is -0.466 e. The topological polar surface area (TPSA) is 98.1 Å². The number of likely N-dealkylation sites (N-methyl/N-ethyl adjacent to an activating group) is 1. The number of pyridine rings is 1. The van der Waals surface area contributed by atoms with Crippen LogP contribution in [0.15, 0.2) is 36.7 Å². The molecule has 0 atom stereocenters. The Labute approximate surface area is 200 Å². The number of carbonyl (C=O) groups is 1. The summed E-state index contributed by atoms with van der Waals surface area (Å²) in [6, 6.07) is 6.50. The first kappa shape index (κ1) is 24.0. The molecular formula is C24H25F2N7O2. The first-order valence-corrected chi connectivity index (χ1v) is 11.0. The Morgan fingerprint density at radius 2 is 1.94 bits per heavy atom. The third-order valence-corrected chi connectivity index (χ3v) is 5.50. The molecule has 0 unspecified atom stereocenters. The number of hydrogen-bond donors (Lipinski definition) is 1. The third-order valence-electron chi connectivity index (χ3n) is 5.50. The summed E-state index contributed by atoms with van der Waals surface area (Å²) in [4.78, 5) is 29.1. The van der Waals surface area contributed by atoms with Gasteiger partial charge in [-0.05, 0) is 45.0 Å². The van der Waals surface area contributed by atoms with Gasteiger partial charge in [-0.25, -0.2) is 28.7 Å². The highest BCUT2D eigenvalue weighted by Gasteiger charge is 2.18. The molecule has 0 fully saturated rings. The van der Waals surface area contributed by atoms with Crippen LogP contribution in [-0.4, -0.2) is 51.2 Å². The van der Waals surface area contributed by atoms with Gasteiger partial charge in [-0.1, -0.05) is 0 Å². The Bertz CT molecular complexity index is 1360. The molecule has 0 radical (unpaired) electrons. The van der Waals surface area contributed by atoms with Gasteiger partial charge < -0.3 is 19.5 Å². The van der Waals surface area contributed by atoms with Gasteiger partial charge in [-0.15, -0.1) is 0 Å². The van der Waals surface area contributed by atoms with E-state index in [1.54, 1.807) is 25.3 Å². The molecule has 0 spiro atoms. The normalized spacial score (nSPS) is 11.2. The van der Waals surface area contributed by atoms with Gasteiger partial charge in [0.15, 0.2) is 11.6 Å². The number of anilines is 3. The van der Waals surface area contributed by atoms with E-state index in [-0.39, 0.29) is 35.4 Å². The van der Waals surface area contributed by atoms with Crippen LogP contribution in [0.2, 0.25) is 0 Å². The highest BCUT2D eigenvalue weighted by molar-refractivity contribution is 5.83. The van der Waals surface area contributed by atoms with E-state index >= 15 is 0 Å². The number of carbonyl (C=O) groups excluding carboxylic acids is 1. The van der Waals surface area contributed by atoms with E-state index in [0.29, 0.717) is 30.2 Å². The molecule has 3 aromatic heterocycles. The van der Waals surface area contributed by atoms with Crippen LogP contribution in [0.4, 0.5) is 26.2 Å². The van der Waals surface area contributed by atoms with E-state index in [9.17, 15) is 13.6 Å². The van der Waals surface area contributed by atoms with Gasteiger partial charge in [-0.3, -0.25) is 4.79 Å². The fraction of sp³-hybridized carbons (Fsp3) is 0.292. The minimum atomic E-state index is -0.677. The number of imidazole rings is 1. The molecule has 0 amide bonds. The van der Waals surface area contributed by atoms with Gasteiger partial charge in [0, 0.05) is 18.7 Å². The molecule has 1 aromatic carbocycles. The Morgan fingerprint density at radius 1 is 1.14 bits per heavy atom. The van der Waals surface area contributed by atoms with Crippen LogP contribution in [0.1, 0.15) is 25.7 Å². The van der Waals surface area contributed by atoms with Crippen LogP contribution in [0.3, 0.4) is 0 Å². The first-order chi connectivity index (χ1) is 16.8. The van der Waals surface area contributed by atoms with Crippen molar-refractivity contribution >= 4 is 35.0 Å². The molecule has 4 aromatic rings. The number of nitrogens with one attached hydrogen (secondary N) is 1. The summed E-state index contributed by atoms with van der Waals surface area (Å²) in [7, 11) is 1.84. The van der Waals surface area contributed by atoms with Crippen LogP contribution < -0.4 is 10.2 Å². The van der Waals surface area contributed by atoms with Gasteiger partial charge in [0.25, 0.3) is 6.47 Å². The quantitative estimate of drug-likeness (QED) is 0.277. The number of fused-ring (bicyclic) bond motifs is 1. The molecule has 0 aliphatic rings. The van der Waals surface area contributed by atoms with Crippen LogP contribution in [0, 0.1) is 18.6 Å². The summed E-state index contributed by atoms with van der Waals surface area (Å²) >= 11 is 0. The van der Waals surface area contributed by atoms with Gasteiger partial charge in [0.1, 0.15) is 29.5 Å². The van der Waals surface area contributed by atoms with Crippen molar-refractivity contribution in [3.8, 4) is 11.3 Å². The molecule has 35 heavy (non-hydrogen) atoms. The minimum absolute atomic E-state index is 0.0380. The Hall–Kier alpha value is -4.15. The van der Waals surface area contributed by atoms with Gasteiger partial charge in [0.05, 0.1) is 30.1 Å². The molecule has 11 heteroatoms. The van der Waals surface area contributed by atoms with E-state index in [4.69, 9.17) is 4.74 Å². The molecule has 3 heterocycles. The standard InChI is InChI=1S/C24H25F2N7O2/c1-14(2)33-15(3)29-23-18(25)9-16(10-20(23)33)22-19(26)12-28-24(31-22)30-21-6-5-17(11-27-21)32(4)7-8-35-13-34/h5-6,9-14H,7-8H2,1-4H3,(H,27,28,30,31).